The van der Waals surface area contributed by atoms with Crippen molar-refractivity contribution in [1.29, 1.82) is 5.41 Å². The first-order valence-corrected chi connectivity index (χ1v) is 10.6. The molecule has 0 saturated carbocycles. The second-order valence-corrected chi connectivity index (χ2v) is 7.19. The van der Waals surface area contributed by atoms with Crippen molar-refractivity contribution in [2.75, 3.05) is 23.8 Å². The van der Waals surface area contributed by atoms with Gasteiger partial charge >= 0.3 is 0 Å². The van der Waals surface area contributed by atoms with Crippen molar-refractivity contribution in [2.24, 2.45) is 0 Å². The van der Waals surface area contributed by atoms with Crippen LogP contribution in [0.4, 0.5) is 21.8 Å². The number of nitrogens with one attached hydrogen (secondary N) is 2. The average molecular weight is 481 g/mol. The molecule has 0 fully saturated rings. The third kappa shape index (κ3) is 5.29. The number of nitrogen functional groups attached to an aromatic ring is 2. The molecule has 0 aliphatic carbocycles. The number of aromatic nitrogens is 6. The summed E-state index contributed by atoms with van der Waals surface area (Å²) in [5, 5.41) is 13.8. The van der Waals surface area contributed by atoms with E-state index in [2.05, 4.69) is 30.4 Å². The average Bonchev–Trinajstić information content (AvgIpc) is 3.26. The van der Waals surface area contributed by atoms with E-state index >= 15 is 0 Å². The molecular formula is C22H25FN10O2. The summed E-state index contributed by atoms with van der Waals surface area (Å²) >= 11 is 0. The van der Waals surface area contributed by atoms with Gasteiger partial charge in [0.1, 0.15) is 46.5 Å². The van der Waals surface area contributed by atoms with Gasteiger partial charge in [-0.05, 0) is 25.5 Å². The van der Waals surface area contributed by atoms with Gasteiger partial charge < -0.3 is 26.7 Å². The molecule has 0 aliphatic rings. The number of nitrogens with zero attached hydrogens (tertiary/aromatic N) is 6. The van der Waals surface area contributed by atoms with E-state index in [1.807, 2.05) is 6.92 Å². The van der Waals surface area contributed by atoms with Crippen LogP contribution in [0.15, 0.2) is 39.9 Å². The van der Waals surface area contributed by atoms with Crippen LogP contribution in [-0.4, -0.2) is 42.9 Å². The lowest BCUT2D eigenvalue weighted by atomic mass is 10.2. The fourth-order valence-electron chi connectivity index (χ4n) is 3.20. The third-order valence-corrected chi connectivity index (χ3v) is 4.78. The molecule has 4 rings (SSSR count). The zero-order chi connectivity index (χ0) is 25.5. The van der Waals surface area contributed by atoms with E-state index in [1.54, 1.807) is 26.1 Å². The Morgan fingerprint density at radius 3 is 2.43 bits per heavy atom. The molecule has 0 bridgehead atoms. The van der Waals surface area contributed by atoms with Crippen LogP contribution < -0.4 is 22.3 Å². The van der Waals surface area contributed by atoms with Gasteiger partial charge in [0.05, 0.1) is 5.69 Å². The normalized spacial score (nSPS) is 10.4. The predicted octanol–water partition coefficient (Wildman–Crippen LogP) is 2.36. The molecule has 0 saturated heterocycles. The van der Waals surface area contributed by atoms with Gasteiger partial charge in [-0.3, -0.25) is 9.36 Å². The monoisotopic (exact) mass is 480 g/mol. The summed E-state index contributed by atoms with van der Waals surface area (Å²) in [5.74, 6) is 1.50. The van der Waals surface area contributed by atoms with Crippen LogP contribution in [0.1, 0.15) is 30.6 Å². The Morgan fingerprint density at radius 1 is 1.20 bits per heavy atom. The van der Waals surface area contributed by atoms with Crippen molar-refractivity contribution in [3.8, 4) is 17.1 Å². The molecule has 0 unspecified atom stereocenters. The smallest absolute Gasteiger partial charge is 0.269 e. The lowest BCUT2D eigenvalue weighted by Gasteiger charge is -2.15. The van der Waals surface area contributed by atoms with Crippen molar-refractivity contribution in [3.05, 3.63) is 64.0 Å². The van der Waals surface area contributed by atoms with E-state index in [1.165, 1.54) is 23.0 Å². The van der Waals surface area contributed by atoms with Gasteiger partial charge in [-0.15, -0.1) is 0 Å². The molecule has 0 radical (unpaired) electrons. The van der Waals surface area contributed by atoms with E-state index in [4.69, 9.17) is 21.4 Å². The van der Waals surface area contributed by atoms with Crippen LogP contribution in [0.3, 0.4) is 0 Å². The van der Waals surface area contributed by atoms with Gasteiger partial charge in [0.25, 0.3) is 11.4 Å². The topological polar surface area (TPSA) is 188 Å². The molecule has 3 heterocycles. The maximum atomic E-state index is 14.0. The first-order valence-electron chi connectivity index (χ1n) is 10.6. The maximum Gasteiger partial charge on any atom is 0.269 e. The van der Waals surface area contributed by atoms with Gasteiger partial charge in [-0.1, -0.05) is 24.2 Å². The Bertz CT molecular complexity index is 1380. The SMILES string of the molecule is CCCc1nc(NC)c(C=N)c(=O)n1-c1ccccc1F.Cc1noc(-c2c(N)ncnc2N)n1. The molecule has 13 heteroatoms. The molecule has 0 spiro atoms. The molecule has 0 atom stereocenters. The highest BCUT2D eigenvalue weighted by Crippen LogP contribution is 2.26. The Balaban J connectivity index is 0.000000211. The number of benzene rings is 1. The third-order valence-electron chi connectivity index (χ3n) is 4.78. The second kappa shape index (κ2) is 11.0. The highest BCUT2D eigenvalue weighted by atomic mass is 19.1. The lowest BCUT2D eigenvalue weighted by Crippen LogP contribution is -2.29. The van der Waals surface area contributed by atoms with Crippen LogP contribution in [0.2, 0.25) is 0 Å². The lowest BCUT2D eigenvalue weighted by molar-refractivity contribution is 0.425. The maximum absolute atomic E-state index is 14.0. The Labute approximate surface area is 199 Å². The molecule has 0 aliphatic heterocycles. The Kier molecular flexibility index (Phi) is 7.81. The van der Waals surface area contributed by atoms with Crippen molar-refractivity contribution in [1.82, 2.24) is 29.7 Å². The summed E-state index contributed by atoms with van der Waals surface area (Å²) < 4.78 is 20.2. The minimum Gasteiger partial charge on any atom is -0.383 e. The zero-order valence-corrected chi connectivity index (χ0v) is 19.4. The highest BCUT2D eigenvalue weighted by molar-refractivity contribution is 5.83. The van der Waals surface area contributed by atoms with E-state index in [0.29, 0.717) is 29.5 Å². The number of hydrogen-bond acceptors (Lipinski definition) is 11. The van der Waals surface area contributed by atoms with Crippen LogP contribution in [0, 0.1) is 18.2 Å². The van der Waals surface area contributed by atoms with Crippen molar-refractivity contribution in [2.45, 2.75) is 26.7 Å². The molecule has 0 amide bonds. The van der Waals surface area contributed by atoms with E-state index in [-0.39, 0.29) is 28.8 Å². The van der Waals surface area contributed by atoms with Crippen molar-refractivity contribution in [3.63, 3.8) is 0 Å². The molecule has 6 N–H and O–H groups in total. The quantitative estimate of drug-likeness (QED) is 0.298. The standard InChI is InChI=1S/C15H17FN4O.C7H8N6O/c1-3-6-13-19-14(18-2)10(9-17)15(21)20(13)12-8-5-4-7-11(12)16;1-3-12-7(14-13-3)4-5(8)10-2-11-6(4)9/h4-5,7-9,17-18H,3,6H2,1-2H3;2H,1H3,(H4,8,9,10,11). The molecule has 35 heavy (non-hydrogen) atoms. The largest absolute Gasteiger partial charge is 0.383 e. The summed E-state index contributed by atoms with van der Waals surface area (Å²) in [6.07, 6.45) is 3.52. The molecule has 182 valence electrons. The number of halogens is 1. The predicted molar refractivity (Wildman–Crippen MR) is 130 cm³/mol. The second-order valence-electron chi connectivity index (χ2n) is 7.19. The van der Waals surface area contributed by atoms with Crippen LogP contribution >= 0.6 is 0 Å². The number of para-hydroxylation sites is 1. The summed E-state index contributed by atoms with van der Waals surface area (Å²) in [5.41, 5.74) is 11.4. The summed E-state index contributed by atoms with van der Waals surface area (Å²) in [4.78, 5) is 28.5. The minimum absolute atomic E-state index is 0.112. The number of aryl methyl sites for hydroxylation is 2. The summed E-state index contributed by atoms with van der Waals surface area (Å²) in [6, 6.07) is 6.06. The van der Waals surface area contributed by atoms with Gasteiger partial charge in [-0.25, -0.2) is 19.3 Å². The molecule has 4 aromatic rings. The van der Waals surface area contributed by atoms with Gasteiger partial charge in [0, 0.05) is 19.7 Å². The zero-order valence-electron chi connectivity index (χ0n) is 19.4. The minimum atomic E-state index is -0.494. The molecule has 12 nitrogen and oxygen atoms in total. The Morgan fingerprint density at radius 2 is 1.89 bits per heavy atom. The highest BCUT2D eigenvalue weighted by Gasteiger charge is 2.17. The van der Waals surface area contributed by atoms with Crippen LogP contribution in [0.25, 0.3) is 17.1 Å². The van der Waals surface area contributed by atoms with Crippen molar-refractivity contribution < 1.29 is 8.91 Å². The van der Waals surface area contributed by atoms with Crippen molar-refractivity contribution >= 4 is 23.7 Å². The number of hydrogen-bond donors (Lipinski definition) is 4. The van der Waals surface area contributed by atoms with Gasteiger partial charge in [-0.2, -0.15) is 4.98 Å². The van der Waals surface area contributed by atoms with E-state index < -0.39 is 11.4 Å². The summed E-state index contributed by atoms with van der Waals surface area (Å²) in [7, 11) is 1.64. The Hall–Kier alpha value is -4.68. The van der Waals surface area contributed by atoms with Gasteiger partial charge in [0.2, 0.25) is 0 Å². The fourth-order valence-corrected chi connectivity index (χ4v) is 3.20. The molecule has 3 aromatic heterocycles. The molecule has 1 aromatic carbocycles. The van der Waals surface area contributed by atoms with Gasteiger partial charge in [0.15, 0.2) is 5.82 Å². The number of nitrogens with two attached hydrogens (primary N) is 2. The first-order chi connectivity index (χ1) is 16.8. The number of anilines is 3. The fraction of sp³-hybridized carbons (Fsp3) is 0.227. The first kappa shape index (κ1) is 25.0. The summed E-state index contributed by atoms with van der Waals surface area (Å²) in [6.45, 7) is 3.66. The van der Waals surface area contributed by atoms with Crippen LogP contribution in [0.5, 0.6) is 0 Å². The van der Waals surface area contributed by atoms with E-state index in [0.717, 1.165) is 12.6 Å². The van der Waals surface area contributed by atoms with E-state index in [9.17, 15) is 9.18 Å². The van der Waals surface area contributed by atoms with Crippen LogP contribution in [-0.2, 0) is 6.42 Å². The number of rotatable bonds is 6. The molecular weight excluding hydrogens is 455 g/mol.